The number of nitrogens with one attached hydrogen (secondary N) is 1. The van der Waals surface area contributed by atoms with E-state index in [4.69, 9.17) is 9.26 Å². The van der Waals surface area contributed by atoms with Gasteiger partial charge in [-0.15, -0.1) is 0 Å². The number of carbonyl (C=O) groups excluding carboxylic acids is 1. The number of rotatable bonds is 7. The molecular formula is C23H21N5O4. The Morgan fingerprint density at radius 2 is 1.94 bits per heavy atom. The first-order chi connectivity index (χ1) is 15.5. The SMILES string of the molecule is COc1cccc(CNC(=O)c2nc(Cn3nc(-c4ccc(C)cc4)ccc3=O)no2)c1. The molecule has 2 heterocycles. The zero-order chi connectivity index (χ0) is 22.5. The normalized spacial score (nSPS) is 10.7. The van der Waals surface area contributed by atoms with Gasteiger partial charge in [-0.1, -0.05) is 47.1 Å². The van der Waals surface area contributed by atoms with Crippen molar-refractivity contribution in [3.05, 3.63) is 93.9 Å². The first kappa shape index (κ1) is 21.0. The van der Waals surface area contributed by atoms with Gasteiger partial charge < -0.3 is 14.6 Å². The van der Waals surface area contributed by atoms with E-state index in [-0.39, 0.29) is 30.4 Å². The van der Waals surface area contributed by atoms with E-state index in [0.29, 0.717) is 11.4 Å². The number of methoxy groups -OCH3 is 1. The van der Waals surface area contributed by atoms with Crippen LogP contribution in [0.15, 0.2) is 70.0 Å². The summed E-state index contributed by atoms with van der Waals surface area (Å²) < 4.78 is 11.5. The molecule has 9 nitrogen and oxygen atoms in total. The van der Waals surface area contributed by atoms with E-state index in [0.717, 1.165) is 16.7 Å². The van der Waals surface area contributed by atoms with E-state index in [9.17, 15) is 9.59 Å². The van der Waals surface area contributed by atoms with Gasteiger partial charge in [0.05, 0.1) is 12.8 Å². The molecule has 0 aliphatic heterocycles. The highest BCUT2D eigenvalue weighted by Crippen LogP contribution is 2.16. The van der Waals surface area contributed by atoms with Crippen molar-refractivity contribution in [3.8, 4) is 17.0 Å². The maximum absolute atomic E-state index is 12.3. The Morgan fingerprint density at radius 1 is 1.12 bits per heavy atom. The third-order valence-electron chi connectivity index (χ3n) is 4.75. The van der Waals surface area contributed by atoms with Gasteiger partial charge >= 0.3 is 11.8 Å². The number of aromatic nitrogens is 4. The molecule has 0 radical (unpaired) electrons. The van der Waals surface area contributed by atoms with Crippen LogP contribution in [0.25, 0.3) is 11.3 Å². The number of aryl methyl sites for hydroxylation is 1. The Labute approximate surface area is 183 Å². The van der Waals surface area contributed by atoms with Crippen molar-refractivity contribution in [2.45, 2.75) is 20.0 Å². The second-order valence-electron chi connectivity index (χ2n) is 7.13. The lowest BCUT2D eigenvalue weighted by Gasteiger charge is -2.05. The van der Waals surface area contributed by atoms with Crippen molar-refractivity contribution in [2.24, 2.45) is 0 Å². The van der Waals surface area contributed by atoms with Crippen molar-refractivity contribution in [3.63, 3.8) is 0 Å². The molecule has 0 saturated heterocycles. The summed E-state index contributed by atoms with van der Waals surface area (Å²) in [6, 6.07) is 18.3. The summed E-state index contributed by atoms with van der Waals surface area (Å²) in [5.41, 5.74) is 3.21. The number of amides is 1. The van der Waals surface area contributed by atoms with Gasteiger partial charge in [-0.2, -0.15) is 10.1 Å². The lowest BCUT2D eigenvalue weighted by atomic mass is 10.1. The van der Waals surface area contributed by atoms with Crippen molar-refractivity contribution in [1.29, 1.82) is 0 Å². The predicted molar refractivity (Wildman–Crippen MR) is 116 cm³/mol. The van der Waals surface area contributed by atoms with Crippen LogP contribution in [0.4, 0.5) is 0 Å². The number of ether oxygens (including phenoxy) is 1. The van der Waals surface area contributed by atoms with E-state index >= 15 is 0 Å². The number of benzene rings is 2. The molecule has 9 heteroatoms. The topological polar surface area (TPSA) is 112 Å². The third kappa shape index (κ3) is 4.89. The molecule has 0 spiro atoms. The minimum absolute atomic E-state index is 0.0226. The second kappa shape index (κ2) is 9.25. The average Bonchev–Trinajstić information content (AvgIpc) is 3.28. The Bertz CT molecular complexity index is 1290. The van der Waals surface area contributed by atoms with Crippen LogP contribution in [0.5, 0.6) is 5.75 Å². The molecule has 4 rings (SSSR count). The highest BCUT2D eigenvalue weighted by atomic mass is 16.5. The summed E-state index contributed by atoms with van der Waals surface area (Å²) in [6.45, 7) is 2.25. The number of carbonyl (C=O) groups is 1. The first-order valence-electron chi connectivity index (χ1n) is 9.91. The summed E-state index contributed by atoms with van der Waals surface area (Å²) in [6.07, 6.45) is 0. The van der Waals surface area contributed by atoms with Gasteiger partial charge in [-0.05, 0) is 30.7 Å². The smallest absolute Gasteiger partial charge is 0.316 e. The number of nitrogens with zero attached hydrogens (tertiary/aromatic N) is 4. The van der Waals surface area contributed by atoms with Crippen molar-refractivity contribution in [2.75, 3.05) is 7.11 Å². The van der Waals surface area contributed by atoms with E-state index in [1.807, 2.05) is 55.5 Å². The third-order valence-corrected chi connectivity index (χ3v) is 4.75. The Hall–Kier alpha value is -4.27. The van der Waals surface area contributed by atoms with Crippen LogP contribution < -0.4 is 15.6 Å². The zero-order valence-corrected chi connectivity index (χ0v) is 17.6. The van der Waals surface area contributed by atoms with Crippen molar-refractivity contribution >= 4 is 5.91 Å². The van der Waals surface area contributed by atoms with E-state index in [1.165, 1.54) is 10.7 Å². The maximum Gasteiger partial charge on any atom is 0.316 e. The molecule has 0 fully saturated rings. The standard InChI is InChI=1S/C23H21N5O4/c1-15-6-8-17(9-7-15)19-10-11-21(29)28(26-19)14-20-25-23(32-27-20)22(30)24-13-16-4-3-5-18(12-16)31-2/h3-12H,13-14H2,1-2H3,(H,24,30). The van der Waals surface area contributed by atoms with E-state index < -0.39 is 5.91 Å². The van der Waals surface area contributed by atoms with Crippen LogP contribution in [0, 0.1) is 6.92 Å². The van der Waals surface area contributed by atoms with Crippen molar-refractivity contribution in [1.82, 2.24) is 25.2 Å². The fourth-order valence-corrected chi connectivity index (χ4v) is 3.03. The highest BCUT2D eigenvalue weighted by Gasteiger charge is 2.16. The molecule has 1 N–H and O–H groups in total. The summed E-state index contributed by atoms with van der Waals surface area (Å²) in [4.78, 5) is 28.7. The molecule has 1 amide bonds. The lowest BCUT2D eigenvalue weighted by Crippen LogP contribution is -2.24. The summed E-state index contributed by atoms with van der Waals surface area (Å²) in [5.74, 6) is 0.167. The first-order valence-corrected chi connectivity index (χ1v) is 9.91. The number of hydrogen-bond donors (Lipinski definition) is 1. The molecular weight excluding hydrogens is 410 g/mol. The summed E-state index contributed by atoms with van der Waals surface area (Å²) in [7, 11) is 1.58. The molecule has 0 aliphatic carbocycles. The summed E-state index contributed by atoms with van der Waals surface area (Å²) >= 11 is 0. The predicted octanol–water partition coefficient (Wildman–Crippen LogP) is 2.59. The van der Waals surface area contributed by atoms with Crippen LogP contribution >= 0.6 is 0 Å². The van der Waals surface area contributed by atoms with Gasteiger partial charge in [0.15, 0.2) is 5.82 Å². The van der Waals surface area contributed by atoms with Crippen LogP contribution in [-0.4, -0.2) is 32.9 Å². The second-order valence-corrected chi connectivity index (χ2v) is 7.13. The van der Waals surface area contributed by atoms with Gasteiger partial charge in [0.25, 0.3) is 5.56 Å². The van der Waals surface area contributed by atoms with Gasteiger partial charge in [0, 0.05) is 18.2 Å². The molecule has 162 valence electrons. The molecule has 0 bridgehead atoms. The van der Waals surface area contributed by atoms with Crippen LogP contribution in [0.1, 0.15) is 27.6 Å². The molecule has 0 aliphatic rings. The molecule has 32 heavy (non-hydrogen) atoms. The quantitative estimate of drug-likeness (QED) is 0.479. The van der Waals surface area contributed by atoms with E-state index in [2.05, 4.69) is 20.6 Å². The molecule has 0 saturated carbocycles. The summed E-state index contributed by atoms with van der Waals surface area (Å²) in [5, 5.41) is 10.9. The van der Waals surface area contributed by atoms with E-state index in [1.54, 1.807) is 13.2 Å². The Morgan fingerprint density at radius 3 is 2.72 bits per heavy atom. The minimum Gasteiger partial charge on any atom is -0.497 e. The Kier molecular flexibility index (Phi) is 6.07. The fraction of sp³-hybridized carbons (Fsp3) is 0.174. The molecule has 4 aromatic rings. The molecule has 0 unspecified atom stereocenters. The largest absolute Gasteiger partial charge is 0.497 e. The lowest BCUT2D eigenvalue weighted by molar-refractivity contribution is 0.0907. The highest BCUT2D eigenvalue weighted by molar-refractivity contribution is 5.89. The number of hydrogen-bond acceptors (Lipinski definition) is 7. The van der Waals surface area contributed by atoms with Crippen LogP contribution in [-0.2, 0) is 13.1 Å². The van der Waals surface area contributed by atoms with Crippen LogP contribution in [0.2, 0.25) is 0 Å². The molecule has 2 aromatic carbocycles. The average molecular weight is 431 g/mol. The minimum atomic E-state index is -0.514. The van der Waals surface area contributed by atoms with Gasteiger partial charge in [-0.3, -0.25) is 9.59 Å². The maximum atomic E-state index is 12.3. The zero-order valence-electron chi connectivity index (χ0n) is 17.6. The molecule has 2 aromatic heterocycles. The van der Waals surface area contributed by atoms with Gasteiger partial charge in [0.1, 0.15) is 12.3 Å². The van der Waals surface area contributed by atoms with Gasteiger partial charge in [0.2, 0.25) is 0 Å². The van der Waals surface area contributed by atoms with Gasteiger partial charge in [-0.25, -0.2) is 4.68 Å². The molecule has 0 atom stereocenters. The Balaban J connectivity index is 1.44. The van der Waals surface area contributed by atoms with Crippen LogP contribution in [0.3, 0.4) is 0 Å². The fourth-order valence-electron chi connectivity index (χ4n) is 3.03. The van der Waals surface area contributed by atoms with Crippen molar-refractivity contribution < 1.29 is 14.1 Å². The monoisotopic (exact) mass is 431 g/mol.